The van der Waals surface area contributed by atoms with Crippen LogP contribution in [0.2, 0.25) is 5.02 Å². The van der Waals surface area contributed by atoms with Gasteiger partial charge in [-0.15, -0.1) is 6.58 Å². The van der Waals surface area contributed by atoms with Gasteiger partial charge in [0.05, 0.1) is 30.2 Å². The molecule has 0 radical (unpaired) electrons. The fourth-order valence-corrected chi connectivity index (χ4v) is 3.12. The van der Waals surface area contributed by atoms with E-state index in [1.54, 1.807) is 0 Å². The molecule has 1 aliphatic heterocycles. The molecular formula is C11H12ClN3O3S. The fourth-order valence-electron chi connectivity index (χ4n) is 1.68. The van der Waals surface area contributed by atoms with Crippen molar-refractivity contribution in [1.82, 2.24) is 9.78 Å². The second-order valence-electron chi connectivity index (χ2n) is 4.06. The minimum Gasteiger partial charge on any atom is -0.375 e. The molecule has 1 unspecified atom stereocenters. The Bertz CT molecular complexity index is 694. The summed E-state index contributed by atoms with van der Waals surface area (Å²) in [5, 5.41) is 7.92. The number of nitrogens with one attached hydrogen (secondary N) is 1. The smallest absolute Gasteiger partial charge is 0.287 e. The number of sulfone groups is 1. The van der Waals surface area contributed by atoms with E-state index in [0.717, 1.165) is 5.41 Å². The highest BCUT2D eigenvalue weighted by Crippen LogP contribution is 2.19. The Kier molecular flexibility index (Phi) is 3.77. The van der Waals surface area contributed by atoms with Crippen LogP contribution in [0.5, 0.6) is 0 Å². The number of rotatable bonds is 4. The molecule has 0 aliphatic carbocycles. The van der Waals surface area contributed by atoms with Crippen molar-refractivity contribution in [3.8, 4) is 0 Å². The Morgan fingerprint density at radius 2 is 2.37 bits per heavy atom. The van der Waals surface area contributed by atoms with Gasteiger partial charge in [0.25, 0.3) is 5.56 Å². The fraction of sp³-hybridized carbons (Fsp3) is 0.273. The monoisotopic (exact) mass is 301 g/mol. The normalized spacial score (nSPS) is 20.4. The third-order valence-corrected chi connectivity index (χ3v) is 4.32. The van der Waals surface area contributed by atoms with E-state index in [1.807, 2.05) is 0 Å². The van der Waals surface area contributed by atoms with Crippen LogP contribution in [-0.2, 0) is 16.4 Å². The van der Waals surface area contributed by atoms with E-state index >= 15 is 0 Å². The lowest BCUT2D eigenvalue weighted by molar-refractivity contribution is 0.605. The summed E-state index contributed by atoms with van der Waals surface area (Å²) in [6.07, 6.45) is 4.44. The van der Waals surface area contributed by atoms with Crippen molar-refractivity contribution in [3.05, 3.63) is 45.7 Å². The largest absolute Gasteiger partial charge is 0.375 e. The molecule has 2 rings (SSSR count). The number of aromatic nitrogens is 2. The molecule has 1 N–H and O–H groups in total. The van der Waals surface area contributed by atoms with Crippen LogP contribution in [0.3, 0.4) is 0 Å². The lowest BCUT2D eigenvalue weighted by Crippen LogP contribution is -2.27. The molecule has 0 spiro atoms. The van der Waals surface area contributed by atoms with E-state index in [2.05, 4.69) is 17.0 Å². The molecule has 0 amide bonds. The van der Waals surface area contributed by atoms with Crippen molar-refractivity contribution in [2.24, 2.45) is 0 Å². The summed E-state index contributed by atoms with van der Waals surface area (Å²) in [6, 6.07) is -0.404. The SMILES string of the molecule is C=CCn1ncc(NC2C=CS(=O)(=O)C2)c(Cl)c1=O. The van der Waals surface area contributed by atoms with Crippen molar-refractivity contribution in [2.45, 2.75) is 12.6 Å². The van der Waals surface area contributed by atoms with Gasteiger partial charge in [-0.2, -0.15) is 5.10 Å². The average molecular weight is 302 g/mol. The number of nitrogens with zero attached hydrogens (tertiary/aromatic N) is 2. The third kappa shape index (κ3) is 3.05. The molecule has 1 aromatic heterocycles. The first kappa shape index (κ1) is 13.8. The van der Waals surface area contributed by atoms with E-state index in [-0.39, 0.29) is 17.3 Å². The topological polar surface area (TPSA) is 81.1 Å². The van der Waals surface area contributed by atoms with Gasteiger partial charge in [0.2, 0.25) is 0 Å². The molecular weight excluding hydrogens is 290 g/mol. The Morgan fingerprint density at radius 1 is 1.63 bits per heavy atom. The van der Waals surface area contributed by atoms with Gasteiger partial charge in [0.1, 0.15) is 5.02 Å². The molecule has 1 aliphatic rings. The van der Waals surface area contributed by atoms with Crippen LogP contribution in [0.25, 0.3) is 0 Å². The lowest BCUT2D eigenvalue weighted by atomic mass is 10.3. The van der Waals surface area contributed by atoms with Crippen LogP contribution in [0.1, 0.15) is 0 Å². The van der Waals surface area contributed by atoms with E-state index in [4.69, 9.17) is 11.6 Å². The molecule has 8 heteroatoms. The average Bonchev–Trinajstić information content (AvgIpc) is 2.69. The van der Waals surface area contributed by atoms with Crippen LogP contribution in [0.4, 0.5) is 5.69 Å². The quantitative estimate of drug-likeness (QED) is 0.832. The summed E-state index contributed by atoms with van der Waals surface area (Å²) in [5.41, 5.74) is -0.130. The highest BCUT2D eigenvalue weighted by Gasteiger charge is 2.22. The van der Waals surface area contributed by atoms with Crippen LogP contribution >= 0.6 is 11.6 Å². The zero-order valence-corrected chi connectivity index (χ0v) is 11.5. The summed E-state index contributed by atoms with van der Waals surface area (Å²) in [7, 11) is -3.16. The predicted octanol–water partition coefficient (Wildman–Crippen LogP) is 0.805. The van der Waals surface area contributed by atoms with E-state index in [1.165, 1.54) is 23.0 Å². The number of anilines is 1. The lowest BCUT2D eigenvalue weighted by Gasteiger charge is -2.13. The molecule has 1 atom stereocenters. The maximum atomic E-state index is 11.8. The molecule has 102 valence electrons. The Labute approximate surface area is 115 Å². The standard InChI is InChI=1S/C11H12ClN3O3S/c1-2-4-15-11(16)10(12)9(6-13-15)14-8-3-5-19(17,18)7-8/h2-3,5-6,8,14H,1,4,7H2. The van der Waals surface area contributed by atoms with E-state index in [9.17, 15) is 13.2 Å². The minimum absolute atomic E-state index is 0.0189. The summed E-state index contributed by atoms with van der Waals surface area (Å²) in [6.45, 7) is 3.77. The van der Waals surface area contributed by atoms with Gasteiger partial charge in [-0.05, 0) is 0 Å². The first-order valence-electron chi connectivity index (χ1n) is 5.47. The summed E-state index contributed by atoms with van der Waals surface area (Å²) in [5.74, 6) is -0.0565. The van der Waals surface area contributed by atoms with Crippen LogP contribution in [0.15, 0.2) is 35.1 Å². The third-order valence-electron chi connectivity index (χ3n) is 2.56. The Morgan fingerprint density at radius 3 is 2.95 bits per heavy atom. The van der Waals surface area contributed by atoms with E-state index in [0.29, 0.717) is 5.69 Å². The molecule has 0 saturated carbocycles. The minimum atomic E-state index is -3.16. The maximum Gasteiger partial charge on any atom is 0.287 e. The zero-order valence-electron chi connectivity index (χ0n) is 9.91. The Hall–Kier alpha value is -1.60. The highest BCUT2D eigenvalue weighted by molar-refractivity contribution is 7.94. The van der Waals surface area contributed by atoms with Gasteiger partial charge in [-0.3, -0.25) is 4.79 Å². The Balaban J connectivity index is 2.23. The van der Waals surface area contributed by atoms with Crippen LogP contribution < -0.4 is 10.9 Å². The molecule has 0 aromatic carbocycles. The van der Waals surface area contributed by atoms with Crippen LogP contribution in [0, 0.1) is 0 Å². The maximum absolute atomic E-state index is 11.8. The van der Waals surface area contributed by atoms with Crippen molar-refractivity contribution in [2.75, 3.05) is 11.1 Å². The van der Waals surface area contributed by atoms with Crippen molar-refractivity contribution in [3.63, 3.8) is 0 Å². The van der Waals surface area contributed by atoms with Crippen molar-refractivity contribution >= 4 is 27.1 Å². The van der Waals surface area contributed by atoms with E-state index < -0.39 is 21.4 Å². The van der Waals surface area contributed by atoms with Gasteiger partial charge >= 0.3 is 0 Å². The molecule has 1 aromatic rings. The highest BCUT2D eigenvalue weighted by atomic mass is 35.5. The molecule has 2 heterocycles. The van der Waals surface area contributed by atoms with Crippen molar-refractivity contribution in [1.29, 1.82) is 0 Å². The van der Waals surface area contributed by atoms with Gasteiger partial charge in [0.15, 0.2) is 9.84 Å². The summed E-state index contributed by atoms with van der Waals surface area (Å²) < 4.78 is 23.7. The number of hydrogen-bond acceptors (Lipinski definition) is 5. The summed E-state index contributed by atoms with van der Waals surface area (Å²) >= 11 is 5.94. The predicted molar refractivity (Wildman–Crippen MR) is 74.0 cm³/mol. The number of allylic oxidation sites excluding steroid dienone is 1. The van der Waals surface area contributed by atoms with Gasteiger partial charge < -0.3 is 5.32 Å². The molecule has 0 saturated heterocycles. The number of hydrogen-bond donors (Lipinski definition) is 1. The van der Waals surface area contributed by atoms with Gasteiger partial charge in [-0.25, -0.2) is 13.1 Å². The molecule has 0 bridgehead atoms. The van der Waals surface area contributed by atoms with Gasteiger partial charge in [-0.1, -0.05) is 23.8 Å². The van der Waals surface area contributed by atoms with Crippen LogP contribution in [-0.4, -0.2) is 30.0 Å². The second kappa shape index (κ2) is 5.18. The first-order chi connectivity index (χ1) is 8.93. The number of halogens is 1. The molecule has 19 heavy (non-hydrogen) atoms. The summed E-state index contributed by atoms with van der Waals surface area (Å²) in [4.78, 5) is 11.8. The zero-order chi connectivity index (χ0) is 14.0. The van der Waals surface area contributed by atoms with Gasteiger partial charge in [0, 0.05) is 5.41 Å². The molecule has 0 fully saturated rings. The first-order valence-corrected chi connectivity index (χ1v) is 7.56. The second-order valence-corrected chi connectivity index (χ2v) is 6.37. The van der Waals surface area contributed by atoms with Crippen molar-refractivity contribution < 1.29 is 8.42 Å². The molecule has 6 nitrogen and oxygen atoms in total.